The normalized spacial score (nSPS) is 11.9. The van der Waals surface area contributed by atoms with Crippen molar-refractivity contribution in [3.8, 4) is 50.6 Å². The molecule has 0 N–H and O–H groups in total. The second-order valence-electron chi connectivity index (χ2n) is 11.6. The van der Waals surface area contributed by atoms with E-state index in [9.17, 15) is 0 Å². The maximum Gasteiger partial charge on any atom is 0.138 e. The molecule has 46 heavy (non-hydrogen) atoms. The summed E-state index contributed by atoms with van der Waals surface area (Å²) in [5.41, 5.74) is 13.5. The first kappa shape index (κ1) is 26.2. The summed E-state index contributed by atoms with van der Waals surface area (Å²) in [6, 6.07) is 62.5. The van der Waals surface area contributed by atoms with Gasteiger partial charge in [-0.05, 0) is 53.6 Å². The molecule has 1 aliphatic rings. The number of pyridine rings is 1. The van der Waals surface area contributed by atoms with Crippen LogP contribution in [0.25, 0.3) is 61.5 Å². The molecule has 0 atom stereocenters. The Kier molecular flexibility index (Phi) is 6.14. The Hall–Kier alpha value is -6.19. The van der Waals surface area contributed by atoms with Crippen molar-refractivity contribution in [1.82, 2.24) is 9.55 Å². The first-order chi connectivity index (χ1) is 22.8. The highest BCUT2D eigenvalue weighted by Crippen LogP contribution is 2.54. The van der Waals surface area contributed by atoms with Crippen LogP contribution in [0.5, 0.6) is 0 Å². The van der Waals surface area contributed by atoms with Gasteiger partial charge in [-0.2, -0.15) is 0 Å². The number of anilines is 3. The molecule has 0 bridgehead atoms. The van der Waals surface area contributed by atoms with Crippen molar-refractivity contribution in [2.75, 3.05) is 4.90 Å². The smallest absolute Gasteiger partial charge is 0.138 e. The van der Waals surface area contributed by atoms with E-state index in [1.54, 1.807) is 0 Å². The van der Waals surface area contributed by atoms with Crippen molar-refractivity contribution in [3.63, 3.8) is 0 Å². The molecule has 6 aromatic carbocycles. The van der Waals surface area contributed by atoms with Gasteiger partial charge in [0.1, 0.15) is 5.82 Å². The molecule has 0 spiro atoms. The van der Waals surface area contributed by atoms with Crippen molar-refractivity contribution in [1.29, 1.82) is 0 Å². The lowest BCUT2D eigenvalue weighted by Gasteiger charge is -2.27. The highest BCUT2D eigenvalue weighted by atomic mass is 15.2. The van der Waals surface area contributed by atoms with E-state index in [1.807, 2.05) is 0 Å². The van der Waals surface area contributed by atoms with Crippen LogP contribution in [0.15, 0.2) is 176 Å². The average Bonchev–Trinajstić information content (AvgIpc) is 3.42. The van der Waals surface area contributed by atoms with Crippen LogP contribution in [0.1, 0.15) is 0 Å². The Bertz CT molecular complexity index is 2300. The van der Waals surface area contributed by atoms with E-state index in [0.29, 0.717) is 0 Å². The summed E-state index contributed by atoms with van der Waals surface area (Å²) in [4.78, 5) is 7.81. The van der Waals surface area contributed by atoms with Crippen molar-refractivity contribution < 1.29 is 0 Å². The van der Waals surface area contributed by atoms with Gasteiger partial charge in [0.05, 0.1) is 28.3 Å². The predicted octanol–water partition coefficient (Wildman–Crippen LogP) is 11.5. The zero-order valence-electron chi connectivity index (χ0n) is 25.1. The monoisotopic (exact) mass is 587 g/mol. The van der Waals surface area contributed by atoms with Crippen LogP contribution < -0.4 is 4.90 Å². The maximum atomic E-state index is 5.42. The van der Waals surface area contributed by atoms with Gasteiger partial charge in [0, 0.05) is 33.3 Å². The minimum Gasteiger partial charge on any atom is -0.309 e. The third kappa shape index (κ3) is 4.17. The van der Waals surface area contributed by atoms with E-state index in [2.05, 4.69) is 185 Å². The number of rotatable bonds is 4. The fourth-order valence-corrected chi connectivity index (χ4v) is 6.92. The van der Waals surface area contributed by atoms with Gasteiger partial charge >= 0.3 is 0 Å². The summed E-state index contributed by atoms with van der Waals surface area (Å²) in [6.07, 6.45) is 0. The number of fused-ring (bicyclic) bond motifs is 7. The molecule has 0 fully saturated rings. The van der Waals surface area contributed by atoms with Gasteiger partial charge in [0.15, 0.2) is 0 Å². The number of aromatic nitrogens is 2. The zero-order chi connectivity index (χ0) is 30.5. The van der Waals surface area contributed by atoms with E-state index in [-0.39, 0.29) is 0 Å². The Morgan fingerprint density at radius 1 is 0.435 bits per heavy atom. The number of benzene rings is 6. The second kappa shape index (κ2) is 10.8. The van der Waals surface area contributed by atoms with Crippen LogP contribution in [0.3, 0.4) is 0 Å². The fraction of sp³-hybridized carbons (Fsp3) is 0. The standard InChI is InChI=1S/C43H29N3/c1-4-16-30(17-5-1)32-28-37(31-18-6-2-7-19-31)44-41(29-32)46-39-26-14-11-23-35(39)42-34-22-10-13-25-38(34)45(33-20-8-3-9-21-33)40-27-15-12-24-36(40)43(42)46/h1-29H. The highest BCUT2D eigenvalue weighted by molar-refractivity contribution is 6.12. The molecule has 0 saturated carbocycles. The van der Waals surface area contributed by atoms with Crippen molar-refractivity contribution in [3.05, 3.63) is 176 Å². The largest absolute Gasteiger partial charge is 0.309 e. The van der Waals surface area contributed by atoms with Crippen LogP contribution in [0, 0.1) is 0 Å². The molecule has 0 radical (unpaired) electrons. The predicted molar refractivity (Wildman–Crippen MR) is 191 cm³/mol. The summed E-state index contributed by atoms with van der Waals surface area (Å²) >= 11 is 0. The van der Waals surface area contributed by atoms with E-state index in [0.717, 1.165) is 62.0 Å². The molecule has 3 nitrogen and oxygen atoms in total. The second-order valence-corrected chi connectivity index (χ2v) is 11.6. The van der Waals surface area contributed by atoms with Crippen LogP contribution in [0.4, 0.5) is 17.1 Å². The summed E-state index contributed by atoms with van der Waals surface area (Å²) < 4.78 is 2.38. The molecule has 216 valence electrons. The third-order valence-corrected chi connectivity index (χ3v) is 8.92. The van der Waals surface area contributed by atoms with Gasteiger partial charge in [-0.1, -0.05) is 133 Å². The molecule has 3 heteroatoms. The average molecular weight is 588 g/mol. The molecule has 0 unspecified atom stereocenters. The molecule has 0 aliphatic carbocycles. The third-order valence-electron chi connectivity index (χ3n) is 8.92. The number of para-hydroxylation sites is 4. The fourth-order valence-electron chi connectivity index (χ4n) is 6.92. The van der Waals surface area contributed by atoms with Gasteiger partial charge in [-0.3, -0.25) is 4.57 Å². The van der Waals surface area contributed by atoms with E-state index in [1.165, 1.54) is 16.5 Å². The first-order valence-electron chi connectivity index (χ1n) is 15.7. The van der Waals surface area contributed by atoms with Crippen LogP contribution in [-0.2, 0) is 0 Å². The number of hydrogen-bond donors (Lipinski definition) is 0. The molecular weight excluding hydrogens is 558 g/mol. The zero-order valence-corrected chi connectivity index (χ0v) is 25.1. The molecule has 2 aromatic heterocycles. The lowest BCUT2D eigenvalue weighted by molar-refractivity contribution is 1.05. The lowest BCUT2D eigenvalue weighted by atomic mass is 9.98. The van der Waals surface area contributed by atoms with Gasteiger partial charge in [-0.25, -0.2) is 4.98 Å². The van der Waals surface area contributed by atoms with Gasteiger partial charge in [0.2, 0.25) is 0 Å². The molecular formula is C43H29N3. The minimum absolute atomic E-state index is 0.887. The van der Waals surface area contributed by atoms with E-state index in [4.69, 9.17) is 4.98 Å². The maximum absolute atomic E-state index is 5.42. The first-order valence-corrected chi connectivity index (χ1v) is 15.7. The molecule has 3 heterocycles. The van der Waals surface area contributed by atoms with Crippen molar-refractivity contribution in [2.45, 2.75) is 0 Å². The van der Waals surface area contributed by atoms with Crippen LogP contribution >= 0.6 is 0 Å². The summed E-state index contributed by atoms with van der Waals surface area (Å²) in [7, 11) is 0. The van der Waals surface area contributed by atoms with Crippen molar-refractivity contribution in [2.24, 2.45) is 0 Å². The Balaban J connectivity index is 1.42. The van der Waals surface area contributed by atoms with Gasteiger partial charge < -0.3 is 4.90 Å². The summed E-state index contributed by atoms with van der Waals surface area (Å²) in [6.45, 7) is 0. The van der Waals surface area contributed by atoms with Crippen molar-refractivity contribution >= 4 is 28.0 Å². The molecule has 0 saturated heterocycles. The Labute approximate surface area is 268 Å². The van der Waals surface area contributed by atoms with E-state index >= 15 is 0 Å². The van der Waals surface area contributed by atoms with E-state index < -0.39 is 0 Å². The molecule has 0 amide bonds. The number of nitrogens with zero attached hydrogens (tertiary/aromatic N) is 3. The van der Waals surface area contributed by atoms with Gasteiger partial charge in [-0.15, -0.1) is 0 Å². The Morgan fingerprint density at radius 2 is 1.00 bits per heavy atom. The topological polar surface area (TPSA) is 21.1 Å². The highest BCUT2D eigenvalue weighted by Gasteiger charge is 2.31. The quantitative estimate of drug-likeness (QED) is 0.204. The summed E-state index contributed by atoms with van der Waals surface area (Å²) in [5, 5.41) is 1.20. The SMILES string of the molecule is c1ccc(-c2cc(-c3ccccc3)nc(-n3c4c(c5ccccc53)-c3ccccc3N(c3ccccc3)c3ccccc3-4)c2)cc1. The Morgan fingerprint density at radius 3 is 1.74 bits per heavy atom. The molecule has 1 aliphatic heterocycles. The van der Waals surface area contributed by atoms with Crippen LogP contribution in [0.2, 0.25) is 0 Å². The summed E-state index contributed by atoms with van der Waals surface area (Å²) in [5.74, 6) is 0.887. The lowest BCUT2D eigenvalue weighted by Crippen LogP contribution is -2.11. The number of hydrogen-bond acceptors (Lipinski definition) is 2. The van der Waals surface area contributed by atoms with Gasteiger partial charge in [0.25, 0.3) is 0 Å². The minimum atomic E-state index is 0.887. The van der Waals surface area contributed by atoms with Crippen LogP contribution in [-0.4, -0.2) is 9.55 Å². The molecule has 8 aromatic rings. The molecule has 9 rings (SSSR count).